The number of fused-ring (bicyclic) bond motifs is 2. The number of anilines is 1. The van der Waals surface area contributed by atoms with E-state index in [-0.39, 0.29) is 130 Å². The molecule has 0 aliphatic heterocycles. The first-order valence-electron chi connectivity index (χ1n) is 43.2. The number of nitriles is 2. The number of rotatable bonds is 26. The number of esters is 2. The Balaban J connectivity index is 0.000000311. The fourth-order valence-corrected chi connectivity index (χ4v) is 19.1. The number of nitrogens with one attached hydrogen (secondary N) is 3. The highest BCUT2D eigenvalue weighted by Gasteiger charge is 2.49. The molecule has 6 saturated carbocycles. The van der Waals surface area contributed by atoms with Crippen molar-refractivity contribution in [3.8, 4) is 185 Å². The van der Waals surface area contributed by atoms with E-state index >= 15 is 4.79 Å². The summed E-state index contributed by atoms with van der Waals surface area (Å²) in [6, 6.07) is 8.38. The Hall–Kier alpha value is -14.9. The van der Waals surface area contributed by atoms with Crippen molar-refractivity contribution >= 4 is 62.5 Å². The zero-order valence-corrected chi connectivity index (χ0v) is 74.1. The van der Waals surface area contributed by atoms with Gasteiger partial charge in [0.25, 0.3) is 11.4 Å². The third-order valence-electron chi connectivity index (χ3n) is 24.1. The predicted octanol–water partition coefficient (Wildman–Crippen LogP) is 16.5. The van der Waals surface area contributed by atoms with Crippen molar-refractivity contribution in [2.45, 2.75) is 206 Å². The maximum Gasteiger partial charge on any atom is 0.416 e. The van der Waals surface area contributed by atoms with Gasteiger partial charge in [-0.25, -0.2) is 66.1 Å². The van der Waals surface area contributed by atoms with Gasteiger partial charge in [0.2, 0.25) is 21.8 Å². The first-order chi connectivity index (χ1) is 62.5. The first-order valence-corrected chi connectivity index (χ1v) is 45.1. The largest absolute Gasteiger partial charge is 0.496 e. The van der Waals surface area contributed by atoms with Crippen LogP contribution in [0.3, 0.4) is 0 Å². The van der Waals surface area contributed by atoms with E-state index in [0.29, 0.717) is 52.6 Å². The molecule has 6 fully saturated rings. The SMILES string of the molecule is [C-]#[N+]c1c(C(=O)OC2C(C)CC(C)CC2C)c2nc(-c3cc(NS(C)(=O)=O)ccc3OC)[nH]n2c1OC(=O)N(CCC#N)CCC#N.[C-]#[N+]c1c(C(=O)OC2C(C3CCCCC3)CC(C3CCCCC3)CC2C2CCCCC2)c2nc(C3CCC(C)CC3)[nH]n2c1OC(=O)N(CC(=C)OOC#CC#CC#CC#CC#CC#C)CC(=C)OOC#CC#CC#CC#CC#CC#C. The van der Waals surface area contributed by atoms with Crippen LogP contribution >= 0.6 is 0 Å². The van der Waals surface area contributed by atoms with Gasteiger partial charge in [-0.3, -0.25) is 29.6 Å². The lowest BCUT2D eigenvalue weighted by Gasteiger charge is -2.50. The van der Waals surface area contributed by atoms with Gasteiger partial charge >= 0.3 is 24.1 Å². The molecule has 0 bridgehead atoms. The Labute approximate surface area is 755 Å². The van der Waals surface area contributed by atoms with Crippen molar-refractivity contribution in [1.82, 2.24) is 39.0 Å². The first kappa shape index (κ1) is 96.3. The van der Waals surface area contributed by atoms with Gasteiger partial charge in [-0.05, 0) is 175 Å². The fraction of sp³-hybridized carbons (Fsp3) is 0.480. The van der Waals surface area contributed by atoms with Gasteiger partial charge < -0.3 is 28.6 Å². The molecule has 4 heterocycles. The molecule has 1 aromatic carbocycles. The lowest BCUT2D eigenvalue weighted by molar-refractivity contribution is -0.205. The second kappa shape index (κ2) is 48.6. The monoisotopic (exact) mass is 1760 g/mol. The number of benzene rings is 1. The number of H-pyrrole nitrogens is 2. The lowest BCUT2D eigenvalue weighted by Crippen LogP contribution is -2.48. The van der Waals surface area contributed by atoms with E-state index in [4.69, 9.17) is 84.7 Å². The van der Waals surface area contributed by atoms with Crippen molar-refractivity contribution in [3.63, 3.8) is 0 Å². The van der Waals surface area contributed by atoms with E-state index in [2.05, 4.69) is 187 Å². The van der Waals surface area contributed by atoms with E-state index in [0.717, 1.165) is 97.6 Å². The van der Waals surface area contributed by atoms with Crippen LogP contribution in [-0.4, -0.2) is 123 Å². The number of carbonyl (C=O) groups excluding carboxylic acids is 4. The van der Waals surface area contributed by atoms with Crippen LogP contribution in [0, 0.1) is 238 Å². The number of hydrogen-bond acceptors (Lipinski definition) is 19. The van der Waals surface area contributed by atoms with Gasteiger partial charge in [-0.1, -0.05) is 150 Å². The van der Waals surface area contributed by atoms with Crippen molar-refractivity contribution in [2.24, 2.45) is 59.2 Å². The van der Waals surface area contributed by atoms with Gasteiger partial charge in [0, 0.05) is 83.9 Å². The molecule has 2 amide bonds. The van der Waals surface area contributed by atoms with Crippen molar-refractivity contribution < 1.29 is 70.8 Å². The van der Waals surface area contributed by atoms with Crippen LogP contribution in [0.4, 0.5) is 26.7 Å². The molecular formula is C100H101N13O15S. The van der Waals surface area contributed by atoms with Crippen LogP contribution in [0.25, 0.3) is 32.4 Å². The van der Waals surface area contributed by atoms with E-state index in [9.17, 15) is 22.8 Å². The fourth-order valence-electron chi connectivity index (χ4n) is 18.5. The molecule has 129 heavy (non-hydrogen) atoms. The zero-order valence-electron chi connectivity index (χ0n) is 73.3. The summed E-state index contributed by atoms with van der Waals surface area (Å²) in [5.41, 5.74) is -0.225. The molecule has 6 aliphatic rings. The summed E-state index contributed by atoms with van der Waals surface area (Å²) in [5.74, 6) is 50.9. The molecule has 0 spiro atoms. The molecule has 4 aromatic heterocycles. The summed E-state index contributed by atoms with van der Waals surface area (Å²) < 4.78 is 59.3. The molecule has 5 aromatic rings. The molecule has 3 N–H and O–H groups in total. The third kappa shape index (κ3) is 27.1. The highest BCUT2D eigenvalue weighted by molar-refractivity contribution is 7.92. The summed E-state index contributed by atoms with van der Waals surface area (Å²) in [5, 5.41) is 24.4. The molecule has 29 heteroatoms. The highest BCUT2D eigenvalue weighted by Crippen LogP contribution is 2.54. The number of hydrogen-bond donors (Lipinski definition) is 3. The number of carbonyl (C=O) groups is 4. The lowest BCUT2D eigenvalue weighted by atomic mass is 9.58. The number of amides is 2. The van der Waals surface area contributed by atoms with E-state index < -0.39 is 53.3 Å². The molecule has 4 atom stereocenters. The minimum Gasteiger partial charge on any atom is -0.496 e. The Morgan fingerprint density at radius 2 is 0.992 bits per heavy atom. The van der Waals surface area contributed by atoms with Crippen molar-refractivity contribution in [2.75, 3.05) is 44.3 Å². The average molecular weight is 1760 g/mol. The standard InChI is InChI=1S/C69H65N5O8.C31H36N8O7S/c1-7-9-11-13-15-17-19-21-23-34-46-77-81-53(4)50-73(51-54(5)82-78-47-35-24-22-20-18-16-14-12-10-8-2)69(76)80-67-63(70-6)62(66-71-65(72-74(66)67)58-44-42-52(3)43-45-58)68(75)79-64-60(56-38-30-26-31-39-56)48-59(55-36-28-25-29-37-55)49-61(64)57-40-32-27-33-41-57;1-18-15-19(2)26(20(3)16-18)45-30(40)24-25(34-4)29(46-31(41)38(13-7-11-32)14-8-12-33)39-28(24)35-27(36-39)22-17-21(37-47(6,42)43)9-10-23(22)44-5/h1-2,52,55-61,64H,4-5,25-33,36-45,48-51H2,3H3,(H,71,72);9-10,17-20,26,37H,7-8,13-16H2,1-3,5-6H3,(H,35,36). The number of nitrogens with zero attached hydrogens (tertiary/aromatic N) is 10. The van der Waals surface area contributed by atoms with Crippen LogP contribution in [0.1, 0.15) is 221 Å². The van der Waals surface area contributed by atoms with E-state index in [1.54, 1.807) is 0 Å². The number of aromatic amines is 2. The van der Waals surface area contributed by atoms with Crippen LogP contribution < -0.4 is 18.9 Å². The average Bonchev–Trinajstić information content (AvgIpc) is 1.59. The quantitative estimate of drug-likeness (QED) is 0.0116. The molecular weight excluding hydrogens is 1660 g/mol. The van der Waals surface area contributed by atoms with Crippen LogP contribution in [-0.2, 0) is 39.0 Å². The third-order valence-corrected chi connectivity index (χ3v) is 24.7. The van der Waals surface area contributed by atoms with Gasteiger partial charge in [-0.15, -0.1) is 12.8 Å². The van der Waals surface area contributed by atoms with E-state index in [1.807, 2.05) is 26.0 Å². The maximum absolute atomic E-state index is 15.5. The smallest absolute Gasteiger partial charge is 0.416 e. The number of aromatic nitrogens is 6. The number of terminal acetylenes is 2. The molecule has 0 radical (unpaired) electrons. The minimum absolute atomic E-state index is 0.0282. The normalized spacial score (nSPS) is 20.2. The van der Waals surface area contributed by atoms with Crippen molar-refractivity contribution in [3.05, 3.63) is 82.7 Å². The zero-order chi connectivity index (χ0) is 92.2. The van der Waals surface area contributed by atoms with Gasteiger partial charge in [0.15, 0.2) is 40.9 Å². The Morgan fingerprint density at radius 3 is 1.44 bits per heavy atom. The highest BCUT2D eigenvalue weighted by atomic mass is 32.2. The van der Waals surface area contributed by atoms with Crippen LogP contribution in [0.2, 0.25) is 0 Å². The Morgan fingerprint density at radius 1 is 0.558 bits per heavy atom. The topological polar surface area (TPSA) is 326 Å². The summed E-state index contributed by atoms with van der Waals surface area (Å²) in [4.78, 5) is 97.3. The molecule has 662 valence electrons. The maximum atomic E-state index is 15.5. The minimum atomic E-state index is -3.63. The summed E-state index contributed by atoms with van der Waals surface area (Å²) in [7, 11) is -2.22. The number of methoxy groups -OCH3 is 1. The molecule has 11 rings (SSSR count). The number of sulfonamides is 1. The second-order valence-electron chi connectivity index (χ2n) is 33.1. The van der Waals surface area contributed by atoms with Crippen molar-refractivity contribution in [1.29, 1.82) is 10.5 Å². The second-order valence-corrected chi connectivity index (χ2v) is 34.8. The molecule has 6 aliphatic carbocycles. The number of ether oxygens (including phenoxy) is 5. The molecule has 0 saturated heterocycles. The summed E-state index contributed by atoms with van der Waals surface area (Å²) >= 11 is 0. The van der Waals surface area contributed by atoms with Gasteiger partial charge in [-0.2, -0.15) is 10.5 Å². The summed E-state index contributed by atoms with van der Waals surface area (Å²) in [6.45, 7) is 31.9. The Kier molecular flexibility index (Phi) is 36.3. The van der Waals surface area contributed by atoms with Gasteiger partial charge in [0.1, 0.15) is 34.9 Å². The van der Waals surface area contributed by atoms with Gasteiger partial charge in [0.05, 0.1) is 70.1 Å². The summed E-state index contributed by atoms with van der Waals surface area (Å²) in [6.07, 6.45) is 38.6. The van der Waals surface area contributed by atoms with Crippen LogP contribution in [0.15, 0.2) is 42.9 Å². The molecule has 28 nitrogen and oxygen atoms in total. The molecule has 4 unspecified atom stereocenters. The Bertz CT molecular complexity index is 5920. The predicted molar refractivity (Wildman–Crippen MR) is 481 cm³/mol. The van der Waals surface area contributed by atoms with E-state index in [1.165, 1.54) is 100 Å². The van der Waals surface area contributed by atoms with Crippen LogP contribution in [0.5, 0.6) is 17.5 Å².